The van der Waals surface area contributed by atoms with Crippen LogP contribution in [0.2, 0.25) is 0 Å². The molecule has 0 bridgehead atoms. The molecule has 0 unspecified atom stereocenters. The normalized spacial score (nSPS) is 10.6. The summed E-state index contributed by atoms with van der Waals surface area (Å²) in [5.74, 6) is 0.430. The quantitative estimate of drug-likeness (QED) is 0.434. The van der Waals surface area contributed by atoms with Crippen molar-refractivity contribution in [1.29, 1.82) is 0 Å². The zero-order valence-electron chi connectivity index (χ0n) is 16.8. The van der Waals surface area contributed by atoms with E-state index >= 15 is 0 Å². The lowest BCUT2D eigenvalue weighted by molar-refractivity contribution is -0.143. The zero-order chi connectivity index (χ0) is 20.5. The molecule has 1 aromatic heterocycles. The highest BCUT2D eigenvalue weighted by atomic mass is 16.5. The highest BCUT2D eigenvalue weighted by molar-refractivity contribution is 5.99. The maximum atomic E-state index is 12.4. The maximum Gasteiger partial charge on any atom is 0.309 e. The number of hydrogen-bond acceptors (Lipinski definition) is 6. The number of benzene rings is 1. The van der Waals surface area contributed by atoms with Gasteiger partial charge in [0.2, 0.25) is 5.78 Å². The molecule has 28 heavy (non-hydrogen) atoms. The van der Waals surface area contributed by atoms with Crippen molar-refractivity contribution in [3.63, 3.8) is 0 Å². The third-order valence-corrected chi connectivity index (χ3v) is 4.39. The van der Waals surface area contributed by atoms with Crippen molar-refractivity contribution in [2.45, 2.75) is 26.8 Å². The van der Waals surface area contributed by atoms with Gasteiger partial charge in [0, 0.05) is 30.6 Å². The minimum absolute atomic E-state index is 0.0399. The zero-order valence-corrected chi connectivity index (χ0v) is 16.8. The molecule has 7 nitrogen and oxygen atoms in total. The van der Waals surface area contributed by atoms with Gasteiger partial charge in [-0.3, -0.25) is 9.59 Å². The van der Waals surface area contributed by atoms with E-state index in [1.165, 1.54) is 0 Å². The SMILES string of the molecule is COCCn1c(C)cc(C(=O)COC(=O)CCOc2ccccc2OC)c1C. The van der Waals surface area contributed by atoms with Gasteiger partial charge in [0.15, 0.2) is 18.1 Å². The number of aromatic nitrogens is 1. The number of carbonyl (C=O) groups is 2. The van der Waals surface area contributed by atoms with Gasteiger partial charge in [0.25, 0.3) is 0 Å². The minimum Gasteiger partial charge on any atom is -0.493 e. The lowest BCUT2D eigenvalue weighted by Gasteiger charge is -2.10. The Morgan fingerprint density at radius 1 is 1.04 bits per heavy atom. The molecular formula is C21H27NO6. The summed E-state index contributed by atoms with van der Waals surface area (Å²) in [7, 11) is 3.19. The number of carbonyl (C=O) groups excluding carboxylic acids is 2. The Hall–Kier alpha value is -2.80. The monoisotopic (exact) mass is 389 g/mol. The maximum absolute atomic E-state index is 12.4. The second-order valence-corrected chi connectivity index (χ2v) is 6.26. The molecule has 0 fully saturated rings. The number of ether oxygens (including phenoxy) is 4. The molecule has 0 saturated carbocycles. The fraction of sp³-hybridized carbons (Fsp3) is 0.429. The van der Waals surface area contributed by atoms with Gasteiger partial charge in [-0.1, -0.05) is 12.1 Å². The fourth-order valence-corrected chi connectivity index (χ4v) is 2.89. The lowest BCUT2D eigenvalue weighted by Crippen LogP contribution is -2.17. The van der Waals surface area contributed by atoms with Crippen LogP contribution < -0.4 is 9.47 Å². The van der Waals surface area contributed by atoms with E-state index in [4.69, 9.17) is 18.9 Å². The third kappa shape index (κ3) is 5.60. The van der Waals surface area contributed by atoms with Gasteiger partial charge in [-0.25, -0.2) is 0 Å². The Kier molecular flexibility index (Phi) is 8.07. The first-order valence-corrected chi connectivity index (χ1v) is 9.08. The molecule has 0 atom stereocenters. The summed E-state index contributed by atoms with van der Waals surface area (Å²) in [5.41, 5.74) is 2.37. The molecule has 7 heteroatoms. The first-order valence-electron chi connectivity index (χ1n) is 9.08. The molecule has 1 aromatic carbocycles. The standard InChI is InChI=1S/C21H27NO6/c1-15-13-17(16(2)22(15)10-12-25-3)18(23)14-28-21(24)9-11-27-20-8-6-5-7-19(20)26-4/h5-8,13H,9-12,14H2,1-4H3. The number of ketones is 1. The van der Waals surface area contributed by atoms with Crippen LogP contribution in [0.3, 0.4) is 0 Å². The molecule has 0 amide bonds. The molecule has 0 spiro atoms. The largest absolute Gasteiger partial charge is 0.493 e. The van der Waals surface area contributed by atoms with E-state index in [-0.39, 0.29) is 25.4 Å². The van der Waals surface area contributed by atoms with E-state index in [9.17, 15) is 9.59 Å². The summed E-state index contributed by atoms with van der Waals surface area (Å²) in [5, 5.41) is 0. The van der Waals surface area contributed by atoms with E-state index < -0.39 is 5.97 Å². The van der Waals surface area contributed by atoms with Gasteiger partial charge in [-0.2, -0.15) is 0 Å². The van der Waals surface area contributed by atoms with Crippen LogP contribution in [0.25, 0.3) is 0 Å². The van der Waals surface area contributed by atoms with Gasteiger partial charge < -0.3 is 23.5 Å². The van der Waals surface area contributed by atoms with Crippen molar-refractivity contribution in [3.8, 4) is 11.5 Å². The topological polar surface area (TPSA) is 76.0 Å². The van der Waals surface area contributed by atoms with Crippen LogP contribution in [0.1, 0.15) is 28.2 Å². The summed E-state index contributed by atoms with van der Waals surface area (Å²) in [6.07, 6.45) is 0.0399. The van der Waals surface area contributed by atoms with E-state index in [2.05, 4.69) is 0 Å². The smallest absolute Gasteiger partial charge is 0.309 e. The van der Waals surface area contributed by atoms with Crippen LogP contribution in [0, 0.1) is 13.8 Å². The third-order valence-electron chi connectivity index (χ3n) is 4.39. The fourth-order valence-electron chi connectivity index (χ4n) is 2.89. The first kappa shape index (κ1) is 21.5. The Labute approximate surface area is 165 Å². The Morgan fingerprint density at radius 3 is 2.43 bits per heavy atom. The molecule has 0 radical (unpaired) electrons. The molecule has 0 N–H and O–H groups in total. The average molecular weight is 389 g/mol. The van der Waals surface area contributed by atoms with Crippen LogP contribution >= 0.6 is 0 Å². The minimum atomic E-state index is -0.489. The van der Waals surface area contributed by atoms with E-state index in [0.717, 1.165) is 11.4 Å². The van der Waals surface area contributed by atoms with Crippen molar-refractivity contribution in [2.24, 2.45) is 0 Å². The number of rotatable bonds is 11. The van der Waals surface area contributed by atoms with E-state index in [1.54, 1.807) is 26.4 Å². The van der Waals surface area contributed by atoms with Gasteiger partial charge >= 0.3 is 5.97 Å². The van der Waals surface area contributed by atoms with Gasteiger partial charge in [0.05, 0.1) is 26.7 Å². The van der Waals surface area contributed by atoms with Gasteiger partial charge in [-0.15, -0.1) is 0 Å². The Morgan fingerprint density at radius 2 is 1.75 bits per heavy atom. The van der Waals surface area contributed by atoms with Crippen molar-refractivity contribution in [1.82, 2.24) is 4.57 Å². The number of nitrogens with zero attached hydrogens (tertiary/aromatic N) is 1. The Bertz CT molecular complexity index is 811. The molecule has 0 aliphatic heterocycles. The van der Waals surface area contributed by atoms with Crippen molar-refractivity contribution in [3.05, 3.63) is 47.3 Å². The lowest BCUT2D eigenvalue weighted by atomic mass is 10.1. The van der Waals surface area contributed by atoms with E-state index in [1.807, 2.05) is 36.6 Å². The number of aryl methyl sites for hydroxylation is 1. The second kappa shape index (κ2) is 10.5. The van der Waals surface area contributed by atoms with E-state index in [0.29, 0.717) is 30.2 Å². The first-order chi connectivity index (χ1) is 13.5. The summed E-state index contributed by atoms with van der Waals surface area (Å²) in [4.78, 5) is 24.3. The van der Waals surface area contributed by atoms with Crippen LogP contribution in [0.15, 0.2) is 30.3 Å². The molecule has 152 valence electrons. The average Bonchev–Trinajstić information content (AvgIpc) is 2.98. The number of methoxy groups -OCH3 is 2. The highest BCUT2D eigenvalue weighted by Gasteiger charge is 2.17. The molecular weight excluding hydrogens is 362 g/mol. The van der Waals surface area contributed by atoms with Crippen molar-refractivity contribution < 1.29 is 28.5 Å². The summed E-state index contributed by atoms with van der Waals surface area (Å²) < 4.78 is 22.9. The highest BCUT2D eigenvalue weighted by Crippen LogP contribution is 2.25. The molecule has 2 aromatic rings. The predicted octanol–water partition coefficient (Wildman–Crippen LogP) is 2.95. The van der Waals surface area contributed by atoms with Crippen LogP contribution in [-0.2, 0) is 20.8 Å². The van der Waals surface area contributed by atoms with Crippen molar-refractivity contribution >= 4 is 11.8 Å². The van der Waals surface area contributed by atoms with Crippen molar-refractivity contribution in [2.75, 3.05) is 34.0 Å². The Balaban J connectivity index is 1.82. The molecule has 0 aliphatic rings. The molecule has 2 rings (SSSR count). The van der Waals surface area contributed by atoms with Gasteiger partial charge in [-0.05, 0) is 32.0 Å². The number of para-hydroxylation sites is 2. The van der Waals surface area contributed by atoms with Crippen LogP contribution in [0.5, 0.6) is 11.5 Å². The number of Topliss-reactive ketones (excluding diaryl/α,β-unsaturated/α-hetero) is 1. The van der Waals surface area contributed by atoms with Crippen LogP contribution in [-0.4, -0.2) is 50.4 Å². The second-order valence-electron chi connectivity index (χ2n) is 6.26. The molecule has 1 heterocycles. The number of hydrogen-bond donors (Lipinski definition) is 0. The van der Waals surface area contributed by atoms with Crippen LogP contribution in [0.4, 0.5) is 0 Å². The summed E-state index contributed by atoms with van der Waals surface area (Å²) >= 11 is 0. The molecule has 0 aliphatic carbocycles. The summed E-state index contributed by atoms with van der Waals surface area (Å²) in [6.45, 7) is 4.88. The van der Waals surface area contributed by atoms with Gasteiger partial charge in [0.1, 0.15) is 0 Å². The number of esters is 1. The predicted molar refractivity (Wildman–Crippen MR) is 104 cm³/mol. The summed E-state index contributed by atoms with van der Waals surface area (Å²) in [6, 6.07) is 8.99. The molecule has 0 saturated heterocycles.